The highest BCUT2D eigenvalue weighted by Crippen LogP contribution is 2.38. The summed E-state index contributed by atoms with van der Waals surface area (Å²) >= 11 is 0. The largest absolute Gasteiger partial charge is 0.322 e. The molecule has 3 aromatic rings. The Kier molecular flexibility index (Phi) is 4.49. The third kappa shape index (κ3) is 2.87. The van der Waals surface area contributed by atoms with Gasteiger partial charge < -0.3 is 5.32 Å². The minimum Gasteiger partial charge on any atom is -0.322 e. The van der Waals surface area contributed by atoms with Crippen molar-refractivity contribution in [2.75, 3.05) is 11.9 Å². The summed E-state index contributed by atoms with van der Waals surface area (Å²) in [7, 11) is -3.97. The van der Waals surface area contributed by atoms with Crippen LogP contribution in [0.1, 0.15) is 50.0 Å². The molecule has 5 rings (SSSR count). The number of anilines is 1. The number of benzene rings is 3. The van der Waals surface area contributed by atoms with Crippen LogP contribution in [0.5, 0.6) is 0 Å². The van der Waals surface area contributed by atoms with Crippen molar-refractivity contribution in [3.8, 4) is 11.1 Å². The topological polar surface area (TPSA) is 101 Å². The number of fused-ring (bicyclic) bond motifs is 4. The lowest BCUT2D eigenvalue weighted by Gasteiger charge is -2.13. The zero-order chi connectivity index (χ0) is 22.6. The third-order valence-electron chi connectivity index (χ3n) is 5.68. The van der Waals surface area contributed by atoms with Crippen LogP contribution in [0.3, 0.4) is 0 Å². The lowest BCUT2D eigenvalue weighted by molar-refractivity contribution is 0.0870. The van der Waals surface area contributed by atoms with Crippen molar-refractivity contribution in [3.63, 3.8) is 0 Å². The summed E-state index contributed by atoms with van der Waals surface area (Å²) in [5.41, 5.74) is 3.38. The van der Waals surface area contributed by atoms with Gasteiger partial charge in [0, 0.05) is 28.9 Å². The van der Waals surface area contributed by atoms with Crippen molar-refractivity contribution in [1.29, 1.82) is 0 Å². The van der Waals surface area contributed by atoms with Crippen LogP contribution < -0.4 is 5.32 Å². The van der Waals surface area contributed by atoms with E-state index in [1.165, 1.54) is 18.2 Å². The fourth-order valence-corrected chi connectivity index (χ4v) is 5.84. The molecule has 0 saturated heterocycles. The van der Waals surface area contributed by atoms with Gasteiger partial charge in [-0.1, -0.05) is 37.3 Å². The molecular formula is C24H18N2O5S. The molecule has 2 aliphatic rings. The van der Waals surface area contributed by atoms with Crippen LogP contribution >= 0.6 is 0 Å². The highest BCUT2D eigenvalue weighted by Gasteiger charge is 2.41. The Morgan fingerprint density at radius 2 is 1.56 bits per heavy atom. The van der Waals surface area contributed by atoms with Crippen LogP contribution in [-0.2, 0) is 10.0 Å². The van der Waals surface area contributed by atoms with Crippen molar-refractivity contribution >= 4 is 33.3 Å². The predicted molar refractivity (Wildman–Crippen MR) is 118 cm³/mol. The summed E-state index contributed by atoms with van der Waals surface area (Å²) in [6.45, 7) is 1.87. The SMILES string of the molecule is CCCN1C(=O)c2ccc(C(=O)Nc3ccc4c(c3)C(=O)c3ccccc3-4)cc2S1(=O)=O. The van der Waals surface area contributed by atoms with Crippen LogP contribution in [-0.4, -0.2) is 36.9 Å². The molecule has 0 saturated carbocycles. The van der Waals surface area contributed by atoms with Crippen LogP contribution in [0.25, 0.3) is 11.1 Å². The van der Waals surface area contributed by atoms with E-state index >= 15 is 0 Å². The number of ketones is 1. The summed E-state index contributed by atoms with van der Waals surface area (Å²) < 4.78 is 26.3. The van der Waals surface area contributed by atoms with Gasteiger partial charge in [0.2, 0.25) is 0 Å². The second-order valence-electron chi connectivity index (χ2n) is 7.68. The average molecular weight is 446 g/mol. The van der Waals surface area contributed by atoms with E-state index in [9.17, 15) is 22.8 Å². The van der Waals surface area contributed by atoms with E-state index < -0.39 is 21.8 Å². The fraction of sp³-hybridized carbons (Fsp3) is 0.125. The molecule has 8 heteroatoms. The number of carbonyl (C=O) groups excluding carboxylic acids is 3. The first-order valence-corrected chi connectivity index (χ1v) is 11.6. The predicted octanol–water partition coefficient (Wildman–Crippen LogP) is 3.70. The highest BCUT2D eigenvalue weighted by molar-refractivity contribution is 7.90. The number of hydrogen-bond donors (Lipinski definition) is 1. The van der Waals surface area contributed by atoms with Gasteiger partial charge in [0.15, 0.2) is 5.78 Å². The molecule has 0 unspecified atom stereocenters. The molecule has 0 radical (unpaired) electrons. The van der Waals surface area contributed by atoms with Crippen LogP contribution in [0.2, 0.25) is 0 Å². The van der Waals surface area contributed by atoms with E-state index in [2.05, 4.69) is 5.32 Å². The molecule has 0 aromatic heterocycles. The molecular weight excluding hydrogens is 428 g/mol. The van der Waals surface area contributed by atoms with Crippen molar-refractivity contribution in [1.82, 2.24) is 4.31 Å². The number of nitrogens with zero attached hydrogens (tertiary/aromatic N) is 1. The van der Waals surface area contributed by atoms with Gasteiger partial charge >= 0.3 is 0 Å². The molecule has 3 aromatic carbocycles. The number of sulfonamides is 1. The monoisotopic (exact) mass is 446 g/mol. The molecule has 0 fully saturated rings. The minimum absolute atomic E-state index is 0.0656. The van der Waals surface area contributed by atoms with Crippen molar-refractivity contribution in [2.45, 2.75) is 18.2 Å². The summed E-state index contributed by atoms with van der Waals surface area (Å²) in [6.07, 6.45) is 0.493. The quantitative estimate of drug-likeness (QED) is 0.515. The van der Waals surface area contributed by atoms with Crippen LogP contribution in [0, 0.1) is 0 Å². The maximum atomic E-state index is 12.8. The van der Waals surface area contributed by atoms with Gasteiger partial charge in [-0.25, -0.2) is 12.7 Å². The smallest absolute Gasteiger partial charge is 0.269 e. The first-order valence-electron chi connectivity index (χ1n) is 10.1. The lowest BCUT2D eigenvalue weighted by Crippen LogP contribution is -2.30. The minimum atomic E-state index is -3.97. The number of carbonyl (C=O) groups is 3. The fourth-order valence-electron chi connectivity index (χ4n) is 4.15. The molecule has 7 nitrogen and oxygen atoms in total. The second-order valence-corrected chi connectivity index (χ2v) is 9.51. The Balaban J connectivity index is 1.44. The summed E-state index contributed by atoms with van der Waals surface area (Å²) in [5.74, 6) is -1.22. The van der Waals surface area contributed by atoms with Crippen molar-refractivity contribution in [2.24, 2.45) is 0 Å². The van der Waals surface area contributed by atoms with Gasteiger partial charge in [-0.3, -0.25) is 14.4 Å². The molecule has 2 amide bonds. The van der Waals surface area contributed by atoms with E-state index in [-0.39, 0.29) is 28.4 Å². The van der Waals surface area contributed by atoms with Crippen molar-refractivity contribution in [3.05, 3.63) is 82.9 Å². The molecule has 1 heterocycles. The summed E-state index contributed by atoms with van der Waals surface area (Å²) in [5, 5.41) is 2.72. The first kappa shape index (κ1) is 20.1. The number of nitrogens with one attached hydrogen (secondary N) is 1. The van der Waals surface area contributed by atoms with E-state index in [4.69, 9.17) is 0 Å². The van der Waals surface area contributed by atoms with Gasteiger partial charge in [-0.15, -0.1) is 0 Å². The molecule has 32 heavy (non-hydrogen) atoms. The van der Waals surface area contributed by atoms with Gasteiger partial charge in [0.25, 0.3) is 21.8 Å². The van der Waals surface area contributed by atoms with E-state index in [1.807, 2.05) is 12.1 Å². The Bertz CT molecular complexity index is 1440. The van der Waals surface area contributed by atoms with E-state index in [0.29, 0.717) is 23.2 Å². The zero-order valence-corrected chi connectivity index (χ0v) is 17.9. The molecule has 1 aliphatic heterocycles. The number of rotatable bonds is 4. The normalized spacial score (nSPS) is 15.3. The Morgan fingerprint density at radius 1 is 0.875 bits per heavy atom. The molecule has 160 valence electrons. The molecule has 1 aliphatic carbocycles. The highest BCUT2D eigenvalue weighted by atomic mass is 32.2. The summed E-state index contributed by atoms with van der Waals surface area (Å²) in [6, 6.07) is 16.4. The van der Waals surface area contributed by atoms with Gasteiger partial charge in [0.05, 0.1) is 5.56 Å². The Hall–Kier alpha value is -3.78. The van der Waals surface area contributed by atoms with Crippen molar-refractivity contribution < 1.29 is 22.8 Å². The lowest BCUT2D eigenvalue weighted by atomic mass is 10.1. The maximum Gasteiger partial charge on any atom is 0.269 e. The zero-order valence-electron chi connectivity index (χ0n) is 17.1. The summed E-state index contributed by atoms with van der Waals surface area (Å²) in [4.78, 5) is 37.8. The first-order chi connectivity index (χ1) is 15.3. The van der Waals surface area contributed by atoms with Gasteiger partial charge in [0.1, 0.15) is 4.90 Å². The third-order valence-corrected chi connectivity index (χ3v) is 7.50. The van der Waals surface area contributed by atoms with Crippen LogP contribution in [0.4, 0.5) is 5.69 Å². The number of hydrogen-bond acceptors (Lipinski definition) is 5. The molecule has 1 N–H and O–H groups in total. The molecule has 0 atom stereocenters. The van der Waals surface area contributed by atoms with Crippen LogP contribution in [0.15, 0.2) is 65.6 Å². The second kappa shape index (κ2) is 7.13. The van der Waals surface area contributed by atoms with E-state index in [1.54, 1.807) is 37.3 Å². The Labute approximate surface area is 184 Å². The van der Waals surface area contributed by atoms with Gasteiger partial charge in [-0.2, -0.15) is 0 Å². The average Bonchev–Trinajstić information content (AvgIpc) is 3.17. The molecule has 0 bridgehead atoms. The standard InChI is InChI=1S/C24H18N2O5S/c1-2-11-26-24(29)19-9-7-14(12-21(19)32(26,30)31)23(28)25-15-8-10-17-16-5-3-4-6-18(16)22(27)20(17)13-15/h3-10,12-13H,2,11H2,1H3,(H,25,28). The Morgan fingerprint density at radius 3 is 2.31 bits per heavy atom. The molecule has 0 spiro atoms. The maximum absolute atomic E-state index is 12.8. The van der Waals surface area contributed by atoms with E-state index in [0.717, 1.165) is 15.4 Å². The number of amides is 2. The van der Waals surface area contributed by atoms with Gasteiger partial charge in [-0.05, 0) is 47.9 Å².